The summed E-state index contributed by atoms with van der Waals surface area (Å²) in [6.07, 6.45) is 1.73. The summed E-state index contributed by atoms with van der Waals surface area (Å²) in [5.74, 6) is 0.571. The van der Waals surface area contributed by atoms with Crippen molar-refractivity contribution in [1.29, 1.82) is 0 Å². The normalized spacial score (nSPS) is 10.4. The third-order valence-corrected chi connectivity index (χ3v) is 3.77. The number of nitrogens with one attached hydrogen (secondary N) is 1. The molecule has 1 amide bonds. The molecule has 0 aliphatic carbocycles. The van der Waals surface area contributed by atoms with Crippen LogP contribution in [0.3, 0.4) is 0 Å². The second-order valence-corrected chi connectivity index (χ2v) is 5.44. The fourth-order valence-corrected chi connectivity index (χ4v) is 2.37. The van der Waals surface area contributed by atoms with Gasteiger partial charge in [0.1, 0.15) is 5.75 Å². The minimum atomic E-state index is -0.158. The van der Waals surface area contributed by atoms with E-state index >= 15 is 0 Å². The average Bonchev–Trinajstić information content (AvgIpc) is 2.84. The average molecular weight is 352 g/mol. The fraction of sp³-hybridized carbons (Fsp3) is 0.333. The molecule has 0 radical (unpaired) electrons. The van der Waals surface area contributed by atoms with Crippen molar-refractivity contribution in [3.05, 3.63) is 46.2 Å². The van der Waals surface area contributed by atoms with Crippen LogP contribution in [0.4, 0.5) is 0 Å². The van der Waals surface area contributed by atoms with Gasteiger partial charge in [0.2, 0.25) is 0 Å². The first-order valence-corrected chi connectivity index (χ1v) is 7.56. The predicted molar refractivity (Wildman–Crippen MR) is 84.1 cm³/mol. The molecule has 5 nitrogen and oxygen atoms in total. The zero-order chi connectivity index (χ0) is 15.2. The summed E-state index contributed by atoms with van der Waals surface area (Å²) >= 11 is 3.43. The van der Waals surface area contributed by atoms with Crippen molar-refractivity contribution < 1.29 is 9.53 Å². The summed E-state index contributed by atoms with van der Waals surface area (Å²) in [4.78, 5) is 11.9. The van der Waals surface area contributed by atoms with Crippen molar-refractivity contribution in [1.82, 2.24) is 15.1 Å². The van der Waals surface area contributed by atoms with Crippen LogP contribution >= 0.6 is 15.9 Å². The van der Waals surface area contributed by atoms with Crippen LogP contribution in [-0.4, -0.2) is 22.3 Å². The van der Waals surface area contributed by atoms with Crippen molar-refractivity contribution in [2.45, 2.75) is 26.9 Å². The minimum absolute atomic E-state index is 0.00271. The highest BCUT2D eigenvalue weighted by Crippen LogP contribution is 2.17. The third-order valence-electron chi connectivity index (χ3n) is 3.10. The standard InChI is InChI=1S/C15H18BrN3O2/c1-3-19-13(12(16)8-18-19)9-17-15(20)10-21-14-7-5-4-6-11(14)2/h4-8H,3,9-10H2,1-2H3,(H,17,20). The molecular weight excluding hydrogens is 334 g/mol. The first-order chi connectivity index (χ1) is 10.1. The molecule has 0 saturated carbocycles. The number of aryl methyl sites for hydroxylation is 2. The van der Waals surface area contributed by atoms with Gasteiger partial charge in [-0.2, -0.15) is 5.10 Å². The molecule has 2 aromatic rings. The molecule has 0 spiro atoms. The molecular formula is C15H18BrN3O2. The van der Waals surface area contributed by atoms with Crippen molar-refractivity contribution in [2.75, 3.05) is 6.61 Å². The molecule has 21 heavy (non-hydrogen) atoms. The molecule has 1 heterocycles. The molecule has 2 rings (SSSR count). The van der Waals surface area contributed by atoms with Gasteiger partial charge in [-0.15, -0.1) is 0 Å². The number of amides is 1. The number of hydrogen-bond donors (Lipinski definition) is 1. The summed E-state index contributed by atoms with van der Waals surface area (Å²) in [6.45, 7) is 5.14. The minimum Gasteiger partial charge on any atom is -0.484 e. The summed E-state index contributed by atoms with van der Waals surface area (Å²) in [6, 6.07) is 7.62. The molecule has 112 valence electrons. The SMILES string of the molecule is CCn1ncc(Br)c1CNC(=O)COc1ccccc1C. The Morgan fingerprint density at radius 1 is 1.43 bits per heavy atom. The summed E-state index contributed by atoms with van der Waals surface area (Å²) in [5.41, 5.74) is 1.96. The van der Waals surface area contributed by atoms with Crippen molar-refractivity contribution in [2.24, 2.45) is 0 Å². The van der Waals surface area contributed by atoms with Crippen LogP contribution in [0.1, 0.15) is 18.2 Å². The van der Waals surface area contributed by atoms with Crippen LogP contribution in [0.2, 0.25) is 0 Å². The number of aromatic nitrogens is 2. The Morgan fingerprint density at radius 2 is 2.19 bits per heavy atom. The van der Waals surface area contributed by atoms with Gasteiger partial charge < -0.3 is 10.1 Å². The smallest absolute Gasteiger partial charge is 0.258 e. The molecule has 0 unspecified atom stereocenters. The van der Waals surface area contributed by atoms with Crippen LogP contribution in [0.25, 0.3) is 0 Å². The lowest BCUT2D eigenvalue weighted by Crippen LogP contribution is -2.29. The molecule has 1 aromatic carbocycles. The van der Waals surface area contributed by atoms with Crippen LogP contribution in [0.15, 0.2) is 34.9 Å². The lowest BCUT2D eigenvalue weighted by atomic mass is 10.2. The first-order valence-electron chi connectivity index (χ1n) is 6.77. The van der Waals surface area contributed by atoms with E-state index in [0.29, 0.717) is 6.54 Å². The molecule has 1 N–H and O–H groups in total. The molecule has 0 atom stereocenters. The van der Waals surface area contributed by atoms with E-state index in [4.69, 9.17) is 4.74 Å². The van der Waals surface area contributed by atoms with Crippen LogP contribution in [0.5, 0.6) is 5.75 Å². The van der Waals surface area contributed by atoms with Gasteiger partial charge in [-0.25, -0.2) is 0 Å². The van der Waals surface area contributed by atoms with Gasteiger partial charge in [-0.3, -0.25) is 9.48 Å². The van der Waals surface area contributed by atoms with Gasteiger partial charge in [0.25, 0.3) is 5.91 Å². The number of para-hydroxylation sites is 1. The van der Waals surface area contributed by atoms with Gasteiger partial charge in [0, 0.05) is 6.54 Å². The van der Waals surface area contributed by atoms with Gasteiger partial charge in [0.15, 0.2) is 6.61 Å². The molecule has 0 saturated heterocycles. The summed E-state index contributed by atoms with van der Waals surface area (Å²) in [5, 5.41) is 7.04. The molecule has 0 bridgehead atoms. The highest BCUT2D eigenvalue weighted by Gasteiger charge is 2.10. The summed E-state index contributed by atoms with van der Waals surface area (Å²) in [7, 11) is 0. The number of carbonyl (C=O) groups is 1. The lowest BCUT2D eigenvalue weighted by molar-refractivity contribution is -0.123. The van der Waals surface area contributed by atoms with Crippen LogP contribution in [-0.2, 0) is 17.9 Å². The number of rotatable bonds is 6. The number of hydrogen-bond acceptors (Lipinski definition) is 3. The predicted octanol–water partition coefficient (Wildman–Crippen LogP) is 2.67. The van der Waals surface area contributed by atoms with E-state index in [0.717, 1.165) is 28.0 Å². The molecule has 0 aliphatic rings. The number of carbonyl (C=O) groups excluding carboxylic acids is 1. The van der Waals surface area contributed by atoms with Gasteiger partial charge >= 0.3 is 0 Å². The molecule has 0 fully saturated rings. The van der Waals surface area contributed by atoms with Gasteiger partial charge in [0.05, 0.1) is 22.9 Å². The fourth-order valence-electron chi connectivity index (χ4n) is 1.93. The molecule has 6 heteroatoms. The van der Waals surface area contributed by atoms with E-state index in [9.17, 15) is 4.79 Å². The van der Waals surface area contributed by atoms with E-state index in [-0.39, 0.29) is 12.5 Å². The zero-order valence-electron chi connectivity index (χ0n) is 12.1. The molecule has 1 aromatic heterocycles. The van der Waals surface area contributed by atoms with Crippen molar-refractivity contribution >= 4 is 21.8 Å². The highest BCUT2D eigenvalue weighted by molar-refractivity contribution is 9.10. The second-order valence-electron chi connectivity index (χ2n) is 4.59. The third kappa shape index (κ3) is 4.07. The first kappa shape index (κ1) is 15.6. The maximum absolute atomic E-state index is 11.9. The van der Waals surface area contributed by atoms with Crippen molar-refractivity contribution in [3.63, 3.8) is 0 Å². The number of halogens is 1. The number of nitrogens with zero attached hydrogens (tertiary/aromatic N) is 2. The van der Waals surface area contributed by atoms with E-state index in [2.05, 4.69) is 26.3 Å². The van der Waals surface area contributed by atoms with E-state index in [1.54, 1.807) is 6.20 Å². The Kier molecular flexibility index (Phi) is 5.38. The number of benzene rings is 1. The monoisotopic (exact) mass is 351 g/mol. The van der Waals surface area contributed by atoms with Gasteiger partial charge in [-0.05, 0) is 41.4 Å². The maximum atomic E-state index is 11.9. The quantitative estimate of drug-likeness (QED) is 0.870. The van der Waals surface area contributed by atoms with Crippen LogP contribution < -0.4 is 10.1 Å². The second kappa shape index (κ2) is 7.26. The Labute approximate surface area is 132 Å². The lowest BCUT2D eigenvalue weighted by Gasteiger charge is -2.10. The Bertz CT molecular complexity index is 625. The van der Waals surface area contributed by atoms with E-state index in [1.165, 1.54) is 0 Å². The Hall–Kier alpha value is -1.82. The summed E-state index contributed by atoms with van der Waals surface area (Å²) < 4.78 is 8.24. The van der Waals surface area contributed by atoms with Crippen molar-refractivity contribution in [3.8, 4) is 5.75 Å². The van der Waals surface area contributed by atoms with E-state index < -0.39 is 0 Å². The number of ether oxygens (including phenoxy) is 1. The topological polar surface area (TPSA) is 56.2 Å². The van der Waals surface area contributed by atoms with Crippen LogP contribution in [0, 0.1) is 6.92 Å². The Morgan fingerprint density at radius 3 is 2.90 bits per heavy atom. The van der Waals surface area contributed by atoms with Gasteiger partial charge in [-0.1, -0.05) is 18.2 Å². The Balaban J connectivity index is 1.85. The zero-order valence-corrected chi connectivity index (χ0v) is 13.7. The molecule has 0 aliphatic heterocycles. The maximum Gasteiger partial charge on any atom is 0.258 e. The largest absolute Gasteiger partial charge is 0.484 e. The van der Waals surface area contributed by atoms with E-state index in [1.807, 2.05) is 42.8 Å². The highest BCUT2D eigenvalue weighted by atomic mass is 79.9.